The van der Waals surface area contributed by atoms with Crippen LogP contribution in [-0.2, 0) is 4.74 Å². The number of hydrogen-bond donors (Lipinski definition) is 3. The van der Waals surface area contributed by atoms with Crippen LogP contribution in [0.4, 0.5) is 4.79 Å². The molecule has 21 heavy (non-hydrogen) atoms. The molecule has 3 N–H and O–H groups in total. The van der Waals surface area contributed by atoms with Crippen LogP contribution in [-0.4, -0.2) is 34.6 Å². The third-order valence-electron chi connectivity index (χ3n) is 2.69. The Hall–Kier alpha value is -1.30. The minimum atomic E-state index is -1.19. The predicted octanol–water partition coefficient (Wildman–Crippen LogP) is 2.57. The van der Waals surface area contributed by atoms with Crippen molar-refractivity contribution in [1.82, 2.24) is 5.32 Å². The Balaban J connectivity index is 2.61. The molecule has 6 heteroatoms. The summed E-state index contributed by atoms with van der Waals surface area (Å²) in [6, 6.07) is 5.16. The van der Waals surface area contributed by atoms with Crippen molar-refractivity contribution in [2.24, 2.45) is 0 Å². The largest absolute Gasteiger partial charge is 0.444 e. The molecule has 1 amide bonds. The summed E-state index contributed by atoms with van der Waals surface area (Å²) in [6.07, 6.45) is -3.02. The van der Waals surface area contributed by atoms with E-state index in [4.69, 9.17) is 16.3 Å². The van der Waals surface area contributed by atoms with Gasteiger partial charge < -0.3 is 20.3 Å². The van der Waals surface area contributed by atoms with Crippen molar-refractivity contribution in [2.75, 3.05) is 6.54 Å². The Kier molecular flexibility index (Phi) is 6.01. The van der Waals surface area contributed by atoms with Gasteiger partial charge in [0.2, 0.25) is 0 Å². The third kappa shape index (κ3) is 5.91. The fraction of sp³-hybridized carbons (Fsp3) is 0.533. The van der Waals surface area contributed by atoms with E-state index < -0.39 is 23.9 Å². The maximum absolute atomic E-state index is 11.5. The molecule has 0 fully saturated rings. The molecule has 118 valence electrons. The Morgan fingerprint density at radius 3 is 2.57 bits per heavy atom. The maximum atomic E-state index is 11.5. The highest BCUT2D eigenvalue weighted by molar-refractivity contribution is 6.31. The first-order chi connectivity index (χ1) is 9.60. The summed E-state index contributed by atoms with van der Waals surface area (Å²) >= 11 is 6.00. The number of ether oxygens (including phenoxy) is 1. The molecule has 0 aliphatic carbocycles. The van der Waals surface area contributed by atoms with Crippen LogP contribution >= 0.6 is 11.6 Å². The molecular formula is C15H22ClNO4. The molecule has 2 unspecified atom stereocenters. The van der Waals surface area contributed by atoms with Gasteiger partial charge in [-0.15, -0.1) is 0 Å². The second kappa shape index (κ2) is 7.11. The Morgan fingerprint density at radius 2 is 2.00 bits per heavy atom. The van der Waals surface area contributed by atoms with Crippen LogP contribution in [0.15, 0.2) is 18.2 Å². The number of carbonyl (C=O) groups is 1. The van der Waals surface area contributed by atoms with E-state index in [2.05, 4.69) is 5.32 Å². The van der Waals surface area contributed by atoms with E-state index in [0.29, 0.717) is 10.6 Å². The molecule has 0 saturated carbocycles. The number of carbonyl (C=O) groups excluding carboxylic acids is 1. The summed E-state index contributed by atoms with van der Waals surface area (Å²) in [6.45, 7) is 6.94. The van der Waals surface area contributed by atoms with Crippen molar-refractivity contribution >= 4 is 17.7 Å². The second-order valence-electron chi connectivity index (χ2n) is 5.92. The van der Waals surface area contributed by atoms with Crippen molar-refractivity contribution in [1.29, 1.82) is 0 Å². The maximum Gasteiger partial charge on any atom is 0.407 e. The van der Waals surface area contributed by atoms with Gasteiger partial charge in [-0.25, -0.2) is 4.79 Å². The van der Waals surface area contributed by atoms with Gasteiger partial charge in [-0.2, -0.15) is 0 Å². The quantitative estimate of drug-likeness (QED) is 0.798. The molecule has 0 spiro atoms. The Morgan fingerprint density at radius 1 is 1.38 bits per heavy atom. The molecule has 5 nitrogen and oxygen atoms in total. The van der Waals surface area contributed by atoms with Crippen LogP contribution in [0.1, 0.15) is 38.0 Å². The molecule has 2 atom stereocenters. The van der Waals surface area contributed by atoms with Crippen LogP contribution in [0.3, 0.4) is 0 Å². The number of nitrogens with one attached hydrogen (secondary N) is 1. The van der Waals surface area contributed by atoms with Crippen LogP contribution in [0.25, 0.3) is 0 Å². The minimum absolute atomic E-state index is 0.139. The normalized spacial score (nSPS) is 14.4. The first kappa shape index (κ1) is 17.8. The van der Waals surface area contributed by atoms with Gasteiger partial charge in [0.25, 0.3) is 0 Å². The molecule has 1 rings (SSSR count). The van der Waals surface area contributed by atoms with Crippen molar-refractivity contribution in [2.45, 2.75) is 45.5 Å². The number of aliphatic hydroxyl groups excluding tert-OH is 2. The zero-order valence-electron chi connectivity index (χ0n) is 12.7. The zero-order valence-corrected chi connectivity index (χ0v) is 13.4. The van der Waals surface area contributed by atoms with Gasteiger partial charge in [0.15, 0.2) is 0 Å². The monoisotopic (exact) mass is 315 g/mol. The summed E-state index contributed by atoms with van der Waals surface area (Å²) in [4.78, 5) is 11.5. The van der Waals surface area contributed by atoms with E-state index in [0.717, 1.165) is 5.56 Å². The number of aryl methyl sites for hydroxylation is 1. The van der Waals surface area contributed by atoms with E-state index in [1.807, 2.05) is 13.0 Å². The van der Waals surface area contributed by atoms with Crippen molar-refractivity contribution in [3.8, 4) is 0 Å². The SMILES string of the molecule is Cc1ccc(Cl)c(C(O)C(O)CNC(=O)OC(C)(C)C)c1. The number of aliphatic hydroxyl groups is 2. The van der Waals surface area contributed by atoms with E-state index in [1.54, 1.807) is 32.9 Å². The van der Waals surface area contributed by atoms with Crippen LogP contribution < -0.4 is 5.32 Å². The van der Waals surface area contributed by atoms with Crippen molar-refractivity contribution < 1.29 is 19.7 Å². The lowest BCUT2D eigenvalue weighted by molar-refractivity contribution is 0.0129. The van der Waals surface area contributed by atoms with E-state index in [1.165, 1.54) is 0 Å². The fourth-order valence-corrected chi connectivity index (χ4v) is 1.94. The highest BCUT2D eigenvalue weighted by Crippen LogP contribution is 2.26. The number of halogens is 1. The van der Waals surface area contributed by atoms with E-state index in [-0.39, 0.29) is 6.54 Å². The van der Waals surface area contributed by atoms with Gasteiger partial charge in [-0.1, -0.05) is 29.3 Å². The Bertz CT molecular complexity index is 499. The molecule has 0 heterocycles. The number of amides is 1. The average Bonchev–Trinajstić information content (AvgIpc) is 2.36. The van der Waals surface area contributed by atoms with Gasteiger partial charge in [-0.05, 0) is 33.8 Å². The molecule has 0 aliphatic rings. The smallest absolute Gasteiger partial charge is 0.407 e. The molecular weight excluding hydrogens is 294 g/mol. The summed E-state index contributed by atoms with van der Waals surface area (Å²) in [5.74, 6) is 0. The number of hydrogen-bond acceptors (Lipinski definition) is 4. The summed E-state index contributed by atoms with van der Waals surface area (Å²) in [7, 11) is 0. The van der Waals surface area contributed by atoms with Gasteiger partial charge in [-0.3, -0.25) is 0 Å². The fourth-order valence-electron chi connectivity index (χ4n) is 1.71. The molecule has 1 aromatic rings. The van der Waals surface area contributed by atoms with Gasteiger partial charge in [0.1, 0.15) is 17.8 Å². The molecule has 0 radical (unpaired) electrons. The van der Waals surface area contributed by atoms with Crippen LogP contribution in [0.5, 0.6) is 0 Å². The first-order valence-corrected chi connectivity index (χ1v) is 7.07. The standard InChI is InChI=1S/C15H22ClNO4/c1-9-5-6-11(16)10(7-9)13(19)12(18)8-17-14(20)21-15(2,3)4/h5-7,12-13,18-19H,8H2,1-4H3,(H,17,20). The van der Waals surface area contributed by atoms with E-state index >= 15 is 0 Å². The second-order valence-corrected chi connectivity index (χ2v) is 6.33. The topological polar surface area (TPSA) is 78.8 Å². The summed E-state index contributed by atoms with van der Waals surface area (Å²) < 4.78 is 5.05. The molecule has 1 aromatic carbocycles. The van der Waals surface area contributed by atoms with Gasteiger partial charge in [0, 0.05) is 17.1 Å². The number of alkyl carbamates (subject to hydrolysis) is 1. The molecule has 0 bridgehead atoms. The van der Waals surface area contributed by atoms with Crippen molar-refractivity contribution in [3.05, 3.63) is 34.3 Å². The minimum Gasteiger partial charge on any atom is -0.444 e. The van der Waals surface area contributed by atoms with Gasteiger partial charge >= 0.3 is 6.09 Å². The highest BCUT2D eigenvalue weighted by atomic mass is 35.5. The molecule has 0 aromatic heterocycles. The first-order valence-electron chi connectivity index (χ1n) is 6.69. The predicted molar refractivity (Wildman–Crippen MR) is 81.4 cm³/mol. The molecule has 0 aliphatic heterocycles. The lowest BCUT2D eigenvalue weighted by atomic mass is 10.0. The highest BCUT2D eigenvalue weighted by Gasteiger charge is 2.23. The van der Waals surface area contributed by atoms with Gasteiger partial charge in [0.05, 0.1) is 0 Å². The third-order valence-corrected chi connectivity index (χ3v) is 3.03. The Labute approximate surface area is 129 Å². The summed E-state index contributed by atoms with van der Waals surface area (Å²) in [5.41, 5.74) is 0.726. The molecule has 0 saturated heterocycles. The number of rotatable bonds is 4. The average molecular weight is 316 g/mol. The van der Waals surface area contributed by atoms with Crippen LogP contribution in [0.2, 0.25) is 5.02 Å². The summed E-state index contributed by atoms with van der Waals surface area (Å²) in [5, 5.41) is 22.8. The van der Waals surface area contributed by atoms with Crippen LogP contribution in [0, 0.1) is 6.92 Å². The number of benzene rings is 1. The lowest BCUT2D eigenvalue weighted by Crippen LogP contribution is -2.38. The zero-order chi connectivity index (χ0) is 16.2. The van der Waals surface area contributed by atoms with E-state index in [9.17, 15) is 15.0 Å². The lowest BCUT2D eigenvalue weighted by Gasteiger charge is -2.22. The van der Waals surface area contributed by atoms with Crippen molar-refractivity contribution in [3.63, 3.8) is 0 Å².